The molecular formula is C76H107NaO11S37Si. The maximum absolute atomic E-state index is 14.4. The van der Waals surface area contributed by atoms with Gasteiger partial charge in [-0.25, -0.2) is 4.79 Å². The first kappa shape index (κ1) is 123. The van der Waals surface area contributed by atoms with Crippen molar-refractivity contribution in [3.63, 3.8) is 0 Å². The van der Waals surface area contributed by atoms with Crippen molar-refractivity contribution in [1.29, 1.82) is 0 Å². The Bertz CT molecular complexity index is 5780. The van der Waals surface area contributed by atoms with Gasteiger partial charge in [0.15, 0.2) is 0 Å². The van der Waals surface area contributed by atoms with Crippen molar-refractivity contribution >= 4 is 374 Å². The summed E-state index contributed by atoms with van der Waals surface area (Å²) in [4.78, 5) is 41.9. The average molecular weight is 2430 g/mol. The molecule has 4 aromatic carbocycles. The number of hydrogen-bond donors (Lipinski definition) is 1. The fourth-order valence-electron chi connectivity index (χ4n) is 18.7. The topological polar surface area (TPSA) is 157 Å². The Morgan fingerprint density at radius 2 is 0.762 bits per heavy atom. The van der Waals surface area contributed by atoms with E-state index in [-0.39, 0.29) is 119 Å². The number of benzene rings is 4. The molecule has 0 saturated heterocycles. The van der Waals surface area contributed by atoms with Crippen LogP contribution in [0.5, 0.6) is 0 Å². The molecule has 2 N–H and O–H groups in total. The van der Waals surface area contributed by atoms with E-state index in [9.17, 15) is 19.5 Å². The van der Waals surface area contributed by atoms with Crippen molar-refractivity contribution in [2.45, 2.75) is 197 Å². The number of aliphatic hydroxyl groups is 1. The van der Waals surface area contributed by atoms with Crippen LogP contribution in [0.1, 0.15) is 165 Å². The molecule has 126 heavy (non-hydrogen) atoms. The smallest absolute Gasteiger partial charge is 0.870 e. The van der Waals surface area contributed by atoms with Crippen LogP contribution in [0.4, 0.5) is 0 Å². The zero-order chi connectivity index (χ0) is 90.6. The van der Waals surface area contributed by atoms with Crippen molar-refractivity contribution in [1.82, 2.24) is 0 Å². The van der Waals surface area contributed by atoms with Crippen molar-refractivity contribution in [3.05, 3.63) is 158 Å². The van der Waals surface area contributed by atoms with Gasteiger partial charge in [-0.2, -0.15) is 0 Å². The van der Waals surface area contributed by atoms with Gasteiger partial charge in [0, 0.05) is 384 Å². The molecule has 0 heterocycles. The number of aliphatic hydroxyl groups excluding tert-OH is 1. The fraction of sp³-hybridized carbons (Fsp3) is 0.592. The predicted molar refractivity (Wildman–Crippen MR) is 625 cm³/mol. The molecule has 0 aromatic heterocycles. The van der Waals surface area contributed by atoms with Gasteiger partial charge < -0.3 is 38.7 Å². The van der Waals surface area contributed by atoms with E-state index in [0.717, 1.165) is 60.0 Å². The molecule has 6 saturated carbocycles. The summed E-state index contributed by atoms with van der Waals surface area (Å²) < 4.78 is 39.0. The Kier molecular flexibility index (Phi) is 64.3. The minimum atomic E-state index is -2.99. The van der Waals surface area contributed by atoms with Gasteiger partial charge in [0.2, 0.25) is 0 Å². The maximum Gasteiger partial charge on any atom is 1.00 e. The molecule has 0 spiro atoms. The van der Waals surface area contributed by atoms with Crippen LogP contribution in [0.15, 0.2) is 147 Å². The summed E-state index contributed by atoms with van der Waals surface area (Å²) >= 11 is 18.8. The van der Waals surface area contributed by atoms with Crippen LogP contribution < -0.4 is 39.9 Å². The average Bonchev–Trinajstić information content (AvgIpc) is 1.46. The van der Waals surface area contributed by atoms with E-state index in [1.54, 1.807) is 169 Å². The summed E-state index contributed by atoms with van der Waals surface area (Å²) in [6, 6.07) is 40.9. The van der Waals surface area contributed by atoms with E-state index < -0.39 is 48.2 Å². The summed E-state index contributed by atoms with van der Waals surface area (Å²) in [7, 11) is 53.3. The maximum atomic E-state index is 14.4. The van der Waals surface area contributed by atoms with Gasteiger partial charge in [-0.05, 0) is 112 Å². The number of ketones is 2. The molecule has 2 unspecified atom stereocenters. The first-order chi connectivity index (χ1) is 59.7. The monoisotopic (exact) mass is 2430 g/mol. The normalized spacial score (nSPS) is 26.7. The van der Waals surface area contributed by atoms with Gasteiger partial charge in [-0.1, -0.05) is 223 Å². The number of esters is 1. The second-order valence-electron chi connectivity index (χ2n) is 31.1. The van der Waals surface area contributed by atoms with E-state index in [1.807, 2.05) is 212 Å². The zero-order valence-corrected chi connectivity index (χ0v) is 105. The van der Waals surface area contributed by atoms with Crippen molar-refractivity contribution < 1.29 is 82.6 Å². The van der Waals surface area contributed by atoms with Crippen LogP contribution in [0.3, 0.4) is 0 Å². The van der Waals surface area contributed by atoms with E-state index in [2.05, 4.69) is 136 Å². The third-order valence-electron chi connectivity index (χ3n) is 24.4. The van der Waals surface area contributed by atoms with E-state index in [4.69, 9.17) is 50.5 Å². The van der Waals surface area contributed by atoms with E-state index >= 15 is 0 Å². The molecule has 6 fully saturated rings. The van der Waals surface area contributed by atoms with E-state index in [1.165, 1.54) is 35.5 Å². The molecule has 4 bridgehead atoms. The third-order valence-corrected chi connectivity index (χ3v) is 98.3. The number of carbonyl (C=O) groups is 3. The Hall–Kier alpha value is 4.25. The minimum absolute atomic E-state index is 0. The molecule has 6 aliphatic rings. The van der Waals surface area contributed by atoms with Crippen molar-refractivity contribution in [2.24, 2.45) is 68.0 Å². The van der Waals surface area contributed by atoms with Crippen LogP contribution in [-0.4, -0.2) is 81.0 Å². The molecule has 0 aliphatic heterocycles. The molecule has 4 aromatic rings. The van der Waals surface area contributed by atoms with Crippen molar-refractivity contribution in [3.8, 4) is 0 Å². The summed E-state index contributed by atoms with van der Waals surface area (Å²) in [5.41, 5.74) is -0.153. The SMILES string of the molecule is C=C[C@@]1(C)C[C@@H](O)[C@@]2(C)C3C(=O)CC[C@@]3(CC[C@H]2C)[C@@H](C)[C@@H]1OCOCc1ccccc1.C=C[C@@]1(C)C[C@@H](OC(=O)CO[Si](c2ccccc2)(c2ccccc2)C(C)(C)C)[C@@]2(C)C3C(=O)CC[C@@]3(CC[C@H]2C)[C@@H](C)[C@@H]1OCOCc1ccccc1.CC.S=S=S=S=S=S=S=S=S.S=S=S=S=S=S=S=S=S=S=S=S=S=S=S=S=S=S=S=S=S=S=S=S=S=S=S=S.[Na+].[OH-]. The minimum Gasteiger partial charge on any atom is -0.870 e. The van der Waals surface area contributed by atoms with Gasteiger partial charge in [0.05, 0.1) is 31.5 Å². The quantitative estimate of drug-likeness (QED) is 0.0330. The molecular weight excluding hydrogens is 2330 g/mol. The molecule has 10 rings (SSSR count). The van der Waals surface area contributed by atoms with Gasteiger partial charge in [-0.15, -0.1) is 13.2 Å². The molecule has 50 heteroatoms. The summed E-state index contributed by atoms with van der Waals surface area (Å²) in [5, 5.41) is 13.5. The largest absolute Gasteiger partial charge is 1.00 e. The van der Waals surface area contributed by atoms with Crippen LogP contribution >= 0.6 is 0 Å². The number of hydrogen-bond acceptors (Lipinski definition) is 15. The van der Waals surface area contributed by atoms with Crippen molar-refractivity contribution in [2.75, 3.05) is 20.2 Å². The molecule has 704 valence electrons. The van der Waals surface area contributed by atoms with E-state index in [0.29, 0.717) is 50.6 Å². The standard InChI is InChI=1S/C46H60O6Si.C28H40O4.C2H6.Na.H2O.S28.S9/c1-9-44(7)29-39(52-40(48)31-51-53(43(4,5)6,36-21-15-11-16-22-36)37-23-17-12-18-24-37)45(8)33(2)25-27-46(28-26-38(47)41(45)46)34(3)42(44)50-32-49-30-35-19-13-10-14-20-35;1-6-26(4)16-23(30)27(5)19(2)12-14-28(15-13-22(29)24(27)28)20(3)25(26)32-18-31-17-21-10-8-7-9-11-21;1-2;;;1-3-5-7-9-11-13-15-17-19-21-23-25-27-28-26-24-22-20-18-16-14-12-10-8-6-4-2;1-3-5-7-9-8-6-4-2/h9-24,33-34,39,41-42H,1,25-32H2,2-8H3;6-11,19-20,23-25,30H,1,12-18H2,2-5H3;1-2H3;;1H2;;/q;;;+1;;;/p-1/t33-,34+,39-,41?,42+,44+,45+,46+;19-,20+,23-,24?,25+,26+,27+,28+;;;;;/m11...../s1. The third kappa shape index (κ3) is 36.0. The Morgan fingerprint density at radius 3 is 1.07 bits per heavy atom. The Morgan fingerprint density at radius 1 is 0.468 bits per heavy atom. The molecule has 0 amide bonds. The Labute approximate surface area is 884 Å². The summed E-state index contributed by atoms with van der Waals surface area (Å²) in [6.07, 6.45) is 10.2. The number of carbonyl (C=O) groups excluding carboxylic acids is 3. The molecule has 6 aliphatic carbocycles. The van der Waals surface area contributed by atoms with Gasteiger partial charge in [-0.3, -0.25) is 9.59 Å². The first-order valence-electron chi connectivity index (χ1n) is 38.7. The zero-order valence-electron chi connectivity index (χ0n) is 71.7. The number of rotatable bonds is 18. The van der Waals surface area contributed by atoms with Gasteiger partial charge in [0.25, 0.3) is 8.32 Å². The fourth-order valence-corrected chi connectivity index (χ4v) is 103. The van der Waals surface area contributed by atoms with Gasteiger partial charge >= 0.3 is 35.5 Å². The summed E-state index contributed by atoms with van der Waals surface area (Å²) in [5.74, 6) is 0.594. The van der Waals surface area contributed by atoms with Crippen LogP contribution in [0.25, 0.3) is 0 Å². The van der Waals surface area contributed by atoms with Crippen LogP contribution in [-0.2, 0) is 394 Å². The summed E-state index contributed by atoms with van der Waals surface area (Å²) in [6.45, 7) is 37.9. The first-order valence-corrected chi connectivity index (χ1v) is 87.2. The second-order valence-corrected chi connectivity index (χ2v) is 93.7. The van der Waals surface area contributed by atoms with Crippen LogP contribution in [0.2, 0.25) is 5.04 Å². The van der Waals surface area contributed by atoms with Gasteiger partial charge in [0.1, 0.15) is 37.9 Å². The Balaban J connectivity index is 0.000000392. The number of ether oxygens (including phenoxy) is 5. The predicted octanol–water partition coefficient (Wildman–Crippen LogP) is 12.0. The molecule has 16 atom stereocenters. The second kappa shape index (κ2) is 66.2. The molecule has 11 nitrogen and oxygen atoms in total. The molecule has 0 radical (unpaired) electrons. The van der Waals surface area contributed by atoms with Crippen LogP contribution in [0, 0.1) is 68.0 Å². The number of Topliss-reactive ketones (excluding diaryl/α,β-unsaturated/α-hetero) is 2.